The molecule has 2 fully saturated rings. The van der Waals surface area contributed by atoms with Gasteiger partial charge in [0.1, 0.15) is 11.7 Å². The van der Waals surface area contributed by atoms with Gasteiger partial charge in [-0.15, -0.1) is 0 Å². The van der Waals surface area contributed by atoms with Gasteiger partial charge in [0.2, 0.25) is 0 Å². The fraction of sp³-hybridized carbons (Fsp3) is 0.700. The molecule has 4 heteroatoms. The van der Waals surface area contributed by atoms with E-state index in [1.165, 1.54) is 0 Å². The predicted octanol–water partition coefficient (Wildman–Crippen LogP) is 3.73. The molecule has 0 aromatic carbocycles. The maximum Gasteiger partial charge on any atom is 0.333 e. The van der Waals surface area contributed by atoms with Crippen LogP contribution < -0.4 is 0 Å². The molecule has 2 aliphatic rings. The van der Waals surface area contributed by atoms with Gasteiger partial charge in [0.15, 0.2) is 5.78 Å². The van der Waals surface area contributed by atoms with Crippen LogP contribution in [0.25, 0.3) is 0 Å². The molecule has 4 nitrogen and oxygen atoms in total. The van der Waals surface area contributed by atoms with Gasteiger partial charge in [-0.1, -0.05) is 18.6 Å². The molecule has 0 amide bonds. The van der Waals surface area contributed by atoms with Gasteiger partial charge in [0.05, 0.1) is 0 Å². The van der Waals surface area contributed by atoms with E-state index in [0.29, 0.717) is 24.8 Å². The molecule has 134 valence electrons. The zero-order valence-corrected chi connectivity index (χ0v) is 15.7. The largest absolute Gasteiger partial charge is 0.456 e. The first-order valence-electron chi connectivity index (χ1n) is 8.78. The van der Waals surface area contributed by atoms with Crippen LogP contribution in [0.4, 0.5) is 0 Å². The Balaban J connectivity index is 2.31. The Kier molecular flexibility index (Phi) is 5.10. The number of hydrogen-bond acceptors (Lipinski definition) is 4. The van der Waals surface area contributed by atoms with Crippen LogP contribution in [-0.4, -0.2) is 28.6 Å². The number of carbonyl (C=O) groups is 2. The second kappa shape index (κ2) is 6.47. The standard InChI is InChI=1S/C20H30O4/c1-7-13(4)18(22)24-17-8-9-19(5)11-15(21)14(12(2)3)10-16(19)20(17,6)23/h7,16-17,23H,8-11H2,1-6H3/b13-7-/t16-,17+,19-,20+/m1/s1. The number of ketones is 1. The SMILES string of the molecule is C/C=C(/C)C(=O)O[C@H]1CC[C@]2(C)CC(=O)C(=C(C)C)C[C@H]2[C@]1(C)O. The molecule has 0 aliphatic heterocycles. The zero-order valence-electron chi connectivity index (χ0n) is 15.7. The number of allylic oxidation sites excluding steroid dienone is 3. The average molecular weight is 334 g/mol. The zero-order chi connectivity index (χ0) is 18.3. The summed E-state index contributed by atoms with van der Waals surface area (Å²) >= 11 is 0. The van der Waals surface area contributed by atoms with E-state index in [1.807, 2.05) is 13.8 Å². The summed E-state index contributed by atoms with van der Waals surface area (Å²) in [6.07, 6.45) is 3.56. The van der Waals surface area contributed by atoms with E-state index in [9.17, 15) is 14.7 Å². The summed E-state index contributed by atoms with van der Waals surface area (Å²) in [4.78, 5) is 24.6. The highest BCUT2D eigenvalue weighted by atomic mass is 16.6. The van der Waals surface area contributed by atoms with E-state index in [2.05, 4.69) is 6.92 Å². The van der Waals surface area contributed by atoms with Crippen LogP contribution in [-0.2, 0) is 14.3 Å². The number of fused-ring (bicyclic) bond motifs is 1. The van der Waals surface area contributed by atoms with Gasteiger partial charge >= 0.3 is 5.97 Å². The number of ether oxygens (including phenoxy) is 1. The molecule has 24 heavy (non-hydrogen) atoms. The highest BCUT2D eigenvalue weighted by Crippen LogP contribution is 2.55. The van der Waals surface area contributed by atoms with Gasteiger partial charge in [-0.25, -0.2) is 4.79 Å². The minimum Gasteiger partial charge on any atom is -0.456 e. The van der Waals surface area contributed by atoms with Crippen molar-refractivity contribution in [1.82, 2.24) is 0 Å². The highest BCUT2D eigenvalue weighted by Gasteiger charge is 2.57. The molecule has 0 unspecified atom stereocenters. The lowest BCUT2D eigenvalue weighted by Crippen LogP contribution is -2.59. The van der Waals surface area contributed by atoms with Crippen LogP contribution in [0, 0.1) is 11.3 Å². The van der Waals surface area contributed by atoms with Crippen LogP contribution in [0.3, 0.4) is 0 Å². The van der Waals surface area contributed by atoms with Crippen LogP contribution in [0.15, 0.2) is 22.8 Å². The van der Waals surface area contributed by atoms with Gasteiger partial charge in [0, 0.05) is 17.9 Å². The molecule has 0 spiro atoms. The number of esters is 1. The molecular formula is C20H30O4. The van der Waals surface area contributed by atoms with E-state index in [-0.39, 0.29) is 23.1 Å². The monoisotopic (exact) mass is 334 g/mol. The van der Waals surface area contributed by atoms with Crippen LogP contribution >= 0.6 is 0 Å². The maximum atomic E-state index is 12.5. The van der Waals surface area contributed by atoms with Crippen LogP contribution in [0.2, 0.25) is 0 Å². The molecule has 0 aromatic rings. The third kappa shape index (κ3) is 3.21. The summed E-state index contributed by atoms with van der Waals surface area (Å²) in [7, 11) is 0. The lowest BCUT2D eigenvalue weighted by molar-refractivity contribution is -0.197. The number of rotatable bonds is 2. The van der Waals surface area contributed by atoms with E-state index in [4.69, 9.17) is 4.74 Å². The summed E-state index contributed by atoms with van der Waals surface area (Å²) < 4.78 is 5.62. The Hall–Kier alpha value is -1.42. The minimum absolute atomic E-state index is 0.0925. The molecule has 0 radical (unpaired) electrons. The first-order chi connectivity index (χ1) is 11.0. The molecule has 1 N–H and O–H groups in total. The first-order valence-corrected chi connectivity index (χ1v) is 8.78. The van der Waals surface area contributed by atoms with Gasteiger partial charge < -0.3 is 9.84 Å². The normalized spacial score (nSPS) is 37.0. The van der Waals surface area contributed by atoms with Crippen molar-refractivity contribution in [3.05, 3.63) is 22.8 Å². The van der Waals surface area contributed by atoms with E-state index in [1.54, 1.807) is 26.8 Å². The van der Waals surface area contributed by atoms with Gasteiger partial charge in [0.25, 0.3) is 0 Å². The quantitative estimate of drug-likeness (QED) is 0.617. The second-order valence-corrected chi connectivity index (χ2v) is 8.12. The fourth-order valence-electron chi connectivity index (χ4n) is 4.31. The fourth-order valence-corrected chi connectivity index (χ4v) is 4.31. The Bertz CT molecular complexity index is 607. The topological polar surface area (TPSA) is 63.6 Å². The molecule has 4 atom stereocenters. The van der Waals surface area contributed by atoms with Crippen LogP contribution in [0.5, 0.6) is 0 Å². The molecule has 0 bridgehead atoms. The number of aliphatic hydroxyl groups is 1. The van der Waals surface area contributed by atoms with Crippen molar-refractivity contribution >= 4 is 11.8 Å². The maximum absolute atomic E-state index is 12.5. The average Bonchev–Trinajstić information content (AvgIpc) is 2.48. The Morgan fingerprint density at radius 3 is 2.46 bits per heavy atom. The third-order valence-electron chi connectivity index (χ3n) is 6.09. The van der Waals surface area contributed by atoms with Crippen molar-refractivity contribution in [1.29, 1.82) is 0 Å². The Morgan fingerprint density at radius 2 is 1.92 bits per heavy atom. The molecule has 0 heterocycles. The van der Waals surface area contributed by atoms with Crippen molar-refractivity contribution in [2.75, 3.05) is 0 Å². The summed E-state index contributed by atoms with van der Waals surface area (Å²) in [5.41, 5.74) is 1.01. The van der Waals surface area contributed by atoms with E-state index >= 15 is 0 Å². The predicted molar refractivity (Wildman–Crippen MR) is 93.4 cm³/mol. The molecular weight excluding hydrogens is 304 g/mol. The highest BCUT2D eigenvalue weighted by molar-refractivity contribution is 5.97. The van der Waals surface area contributed by atoms with Crippen LogP contribution in [0.1, 0.15) is 67.2 Å². The number of hydrogen-bond donors (Lipinski definition) is 1. The molecule has 2 rings (SSSR count). The van der Waals surface area contributed by atoms with Gasteiger partial charge in [-0.05, 0) is 64.9 Å². The Morgan fingerprint density at radius 1 is 1.29 bits per heavy atom. The van der Waals surface area contributed by atoms with Gasteiger partial charge in [-0.3, -0.25) is 4.79 Å². The number of Topliss-reactive ketones (excluding diaryl/α,β-unsaturated/α-hetero) is 1. The van der Waals surface area contributed by atoms with Crippen molar-refractivity contribution in [3.8, 4) is 0 Å². The van der Waals surface area contributed by atoms with Gasteiger partial charge in [-0.2, -0.15) is 0 Å². The molecule has 2 saturated carbocycles. The van der Waals surface area contributed by atoms with Crippen molar-refractivity contribution in [2.24, 2.45) is 11.3 Å². The summed E-state index contributed by atoms with van der Waals surface area (Å²) in [5, 5.41) is 11.3. The summed E-state index contributed by atoms with van der Waals surface area (Å²) in [6, 6.07) is 0. The Labute approximate surface area is 145 Å². The summed E-state index contributed by atoms with van der Waals surface area (Å²) in [6.45, 7) is 11.2. The first kappa shape index (κ1) is 18.9. The molecule has 2 aliphatic carbocycles. The smallest absolute Gasteiger partial charge is 0.333 e. The van der Waals surface area contributed by atoms with Crippen molar-refractivity contribution in [2.45, 2.75) is 78.9 Å². The van der Waals surface area contributed by atoms with E-state index in [0.717, 1.165) is 17.6 Å². The molecule has 0 saturated heterocycles. The third-order valence-corrected chi connectivity index (χ3v) is 6.09. The molecule has 0 aromatic heterocycles. The second-order valence-electron chi connectivity index (χ2n) is 8.12. The number of carbonyl (C=O) groups excluding carboxylic acids is 2. The minimum atomic E-state index is -1.14. The lowest BCUT2D eigenvalue weighted by atomic mass is 9.53. The lowest BCUT2D eigenvalue weighted by Gasteiger charge is -2.55. The van der Waals surface area contributed by atoms with E-state index < -0.39 is 11.7 Å². The van der Waals surface area contributed by atoms with Crippen molar-refractivity contribution < 1.29 is 19.4 Å². The van der Waals surface area contributed by atoms with Crippen molar-refractivity contribution in [3.63, 3.8) is 0 Å². The summed E-state index contributed by atoms with van der Waals surface area (Å²) in [5.74, 6) is -0.268.